The summed E-state index contributed by atoms with van der Waals surface area (Å²) in [5, 5.41) is 0. The average molecular weight is 625 g/mol. The van der Waals surface area contributed by atoms with Crippen LogP contribution >= 0.6 is 15.9 Å². The van der Waals surface area contributed by atoms with Gasteiger partial charge in [0.15, 0.2) is 12.4 Å². The average Bonchev–Trinajstić information content (AvgIpc) is 2.71. The molecule has 1 aromatic heterocycles. The van der Waals surface area contributed by atoms with Gasteiger partial charge in [-0.15, -0.1) is 0 Å². The van der Waals surface area contributed by atoms with E-state index >= 15 is 0 Å². The number of sulfone groups is 2. The highest BCUT2D eigenvalue weighted by atomic mass is 79.9. The molecule has 2 rings (SSSR count). The Hall–Kier alpha value is -2.08. The van der Waals surface area contributed by atoms with Crippen LogP contribution in [-0.2, 0) is 25.9 Å². The summed E-state index contributed by atoms with van der Waals surface area (Å²) in [6.45, 7) is 0. The highest BCUT2D eigenvalue weighted by molar-refractivity contribution is 9.15. The van der Waals surface area contributed by atoms with E-state index in [1.807, 2.05) is 43.5 Å². The van der Waals surface area contributed by atoms with Gasteiger partial charge in [-0.1, -0.05) is 0 Å². The summed E-state index contributed by atoms with van der Waals surface area (Å²) in [5.74, 6) is 0. The zero-order valence-corrected chi connectivity index (χ0v) is 20.5. The molecular weight excluding hydrogens is 611 g/mol. The molecule has 2 aromatic rings. The number of nitrogens with zero attached hydrogens (tertiary/aromatic N) is 2. The molecule has 198 valence electrons. The molecule has 0 N–H and O–H groups in total. The molecule has 6 nitrogen and oxygen atoms in total. The van der Waals surface area contributed by atoms with Gasteiger partial charge < -0.3 is 4.90 Å². The molecule has 0 fully saturated rings. The molecule has 0 aliphatic rings. The van der Waals surface area contributed by atoms with Crippen LogP contribution in [0, 0.1) is 3.49 Å². The van der Waals surface area contributed by atoms with Gasteiger partial charge in [-0.05, 0) is 12.1 Å². The number of hydrogen-bond donors (Lipinski definition) is 0. The Bertz CT molecular complexity index is 1160. The minimum Gasteiger partial charge on any atom is -0.377 e. The van der Waals surface area contributed by atoms with Crippen molar-refractivity contribution in [2.75, 3.05) is 19.0 Å². The summed E-state index contributed by atoms with van der Waals surface area (Å²) in [4.78, 5) is 1.96. The first-order valence-electron chi connectivity index (χ1n) is 8.55. The van der Waals surface area contributed by atoms with E-state index in [4.69, 9.17) is 0 Å². The van der Waals surface area contributed by atoms with Crippen LogP contribution in [0.1, 0.15) is 5.56 Å². The number of anilines is 1. The van der Waals surface area contributed by atoms with Gasteiger partial charge >= 0.3 is 17.2 Å². The molecule has 0 aliphatic carbocycles. The molecule has 0 saturated heterocycles. The molecule has 1 aromatic carbocycles. The van der Waals surface area contributed by atoms with Gasteiger partial charge in [0.25, 0.3) is 0 Å². The topological polar surface area (TPSA) is 75.4 Å². The lowest BCUT2D eigenvalue weighted by Gasteiger charge is -2.26. The van der Waals surface area contributed by atoms with Crippen molar-refractivity contribution in [3.63, 3.8) is 0 Å². The monoisotopic (exact) mass is 624 g/mol. The van der Waals surface area contributed by atoms with E-state index in [1.54, 1.807) is 4.57 Å². The minimum atomic E-state index is -6.59. The smallest absolute Gasteiger partial charge is 0.377 e. The molecule has 18 heteroatoms. The quantitative estimate of drug-likeness (QED) is 0.279. The van der Waals surface area contributed by atoms with Gasteiger partial charge in [-0.2, -0.15) is 44.1 Å². The summed E-state index contributed by atoms with van der Waals surface area (Å²) in [7, 11) is -9.33. The van der Waals surface area contributed by atoms with E-state index in [0.29, 0.717) is 5.69 Å². The van der Waals surface area contributed by atoms with Crippen LogP contribution in [0.25, 0.3) is 5.69 Å². The molecular formula is C17H14BrF9N2O4S2. The van der Waals surface area contributed by atoms with Crippen molar-refractivity contribution in [3.8, 4) is 5.69 Å². The van der Waals surface area contributed by atoms with Crippen molar-refractivity contribution in [3.05, 3.63) is 57.8 Å². The second-order valence-electron chi connectivity index (χ2n) is 6.54. The highest BCUT2D eigenvalue weighted by Crippen LogP contribution is 2.43. The van der Waals surface area contributed by atoms with Gasteiger partial charge in [0.05, 0.1) is 5.56 Å². The van der Waals surface area contributed by atoms with Gasteiger partial charge in [-0.25, -0.2) is 0 Å². The number of alkyl halides is 9. The van der Waals surface area contributed by atoms with Crippen LogP contribution in [0.15, 0.2) is 48.8 Å². The first kappa shape index (κ1) is 31.0. The SMILES string of the molecule is CN(C)c1cc[n+](-c2ccc(C(F)(F)F)cc2)cc1.O=S(=O)([C-](Br)S(=O)(=O)C(F)(F)F)C(F)(F)F. The molecule has 0 amide bonds. The van der Waals surface area contributed by atoms with Gasteiger partial charge in [0, 0.05) is 47.5 Å². The van der Waals surface area contributed by atoms with E-state index in [0.717, 1.165) is 17.8 Å². The number of benzene rings is 1. The van der Waals surface area contributed by atoms with Crippen LogP contribution in [0.4, 0.5) is 45.2 Å². The summed E-state index contributed by atoms with van der Waals surface area (Å²) >= 11 is 1.29. The second-order valence-corrected chi connectivity index (χ2v) is 12.4. The van der Waals surface area contributed by atoms with Crippen molar-refractivity contribution in [2.45, 2.75) is 17.2 Å². The van der Waals surface area contributed by atoms with Crippen LogP contribution in [0.5, 0.6) is 0 Å². The maximum Gasteiger partial charge on any atom is 0.470 e. The Balaban J connectivity index is 0.000000357. The molecule has 35 heavy (non-hydrogen) atoms. The van der Waals surface area contributed by atoms with Crippen LogP contribution in [0.3, 0.4) is 0 Å². The van der Waals surface area contributed by atoms with Crippen LogP contribution in [0.2, 0.25) is 0 Å². The molecule has 1 heterocycles. The molecule has 0 saturated carbocycles. The number of halogens is 10. The Kier molecular flexibility index (Phi) is 9.28. The normalized spacial score (nSPS) is 13.3. The molecule has 0 spiro atoms. The third-order valence-electron chi connectivity index (χ3n) is 3.85. The lowest BCUT2D eigenvalue weighted by molar-refractivity contribution is -0.595. The fourth-order valence-electron chi connectivity index (χ4n) is 2.04. The number of aromatic nitrogens is 1. The van der Waals surface area contributed by atoms with Crippen molar-refractivity contribution in [1.82, 2.24) is 0 Å². The predicted octanol–water partition coefficient (Wildman–Crippen LogP) is 4.75. The first-order chi connectivity index (χ1) is 15.5. The Morgan fingerprint density at radius 3 is 1.40 bits per heavy atom. The largest absolute Gasteiger partial charge is 0.470 e. The molecule has 0 atom stereocenters. The number of hydrogen-bond acceptors (Lipinski definition) is 5. The van der Waals surface area contributed by atoms with E-state index in [9.17, 15) is 56.3 Å². The molecule has 0 radical (unpaired) electrons. The molecule has 0 unspecified atom stereocenters. The number of pyridine rings is 1. The van der Waals surface area contributed by atoms with Gasteiger partial charge in [0.1, 0.15) is 19.7 Å². The van der Waals surface area contributed by atoms with E-state index in [-0.39, 0.29) is 0 Å². The first-order valence-corrected chi connectivity index (χ1v) is 12.3. The summed E-state index contributed by atoms with van der Waals surface area (Å²) in [5.41, 5.74) is -11.2. The third kappa shape index (κ3) is 7.45. The standard InChI is InChI=1S/C14H14F3N2.C3BrF6O4S2/c1-18(2)12-7-9-19(10-8-12)13-5-3-11(4-6-13)14(15,16)17;4-1(15(11,12)2(5,6)7)16(13,14)3(8,9)10/h3-10H,1-2H3;/q+1;-1. The van der Waals surface area contributed by atoms with Crippen molar-refractivity contribution < 1.29 is 60.9 Å². The number of rotatable bonds is 4. The fraction of sp³-hybridized carbons (Fsp3) is 0.294. The summed E-state index contributed by atoms with van der Waals surface area (Å²) in [6.07, 6.45) is -0.659. The van der Waals surface area contributed by atoms with Crippen LogP contribution in [-0.4, -0.2) is 41.9 Å². The van der Waals surface area contributed by atoms with Crippen molar-refractivity contribution in [1.29, 1.82) is 0 Å². The zero-order chi connectivity index (χ0) is 27.6. The lowest BCUT2D eigenvalue weighted by atomic mass is 10.2. The maximum atomic E-state index is 12.5. The summed E-state index contributed by atoms with van der Waals surface area (Å²) in [6, 6.07) is 8.88. The van der Waals surface area contributed by atoms with Crippen molar-refractivity contribution in [2.24, 2.45) is 0 Å². The van der Waals surface area contributed by atoms with E-state index < -0.39 is 45.9 Å². The third-order valence-corrected chi connectivity index (χ3v) is 9.79. The van der Waals surface area contributed by atoms with Crippen LogP contribution < -0.4 is 9.47 Å². The lowest BCUT2D eigenvalue weighted by Crippen LogP contribution is -2.36. The van der Waals surface area contributed by atoms with Crippen molar-refractivity contribution >= 4 is 41.3 Å². The Labute approximate surface area is 201 Å². The predicted molar refractivity (Wildman–Crippen MR) is 109 cm³/mol. The summed E-state index contributed by atoms with van der Waals surface area (Å²) < 4.78 is 148. The fourth-order valence-corrected chi connectivity index (χ4v) is 5.23. The van der Waals surface area contributed by atoms with E-state index in [2.05, 4.69) is 0 Å². The molecule has 0 bridgehead atoms. The minimum absolute atomic E-state index is 0.637. The Morgan fingerprint density at radius 2 is 1.11 bits per heavy atom. The van der Waals surface area contributed by atoms with Gasteiger partial charge in [0.2, 0.25) is 5.69 Å². The zero-order valence-electron chi connectivity index (χ0n) is 17.2. The van der Waals surface area contributed by atoms with E-state index in [1.165, 1.54) is 28.1 Å². The maximum absolute atomic E-state index is 12.5. The van der Waals surface area contributed by atoms with Gasteiger partial charge in [-0.3, -0.25) is 32.8 Å². The second kappa shape index (κ2) is 10.5. The Morgan fingerprint density at radius 1 is 0.743 bits per heavy atom. The molecule has 0 aliphatic heterocycles. The highest BCUT2D eigenvalue weighted by Gasteiger charge is 2.53.